The van der Waals surface area contributed by atoms with Crippen molar-refractivity contribution in [3.63, 3.8) is 0 Å². The maximum atomic E-state index is 5.79. The van der Waals surface area contributed by atoms with Gasteiger partial charge in [-0.1, -0.05) is 20.3 Å². The zero-order valence-electron chi connectivity index (χ0n) is 10.9. The molecule has 94 valence electrons. The maximum Gasteiger partial charge on any atom is 0.0589 e. The number of rotatable bonds is 4. The highest BCUT2D eigenvalue weighted by Crippen LogP contribution is 2.26. The van der Waals surface area contributed by atoms with Gasteiger partial charge < -0.3 is 10.1 Å². The van der Waals surface area contributed by atoms with E-state index < -0.39 is 0 Å². The first-order chi connectivity index (χ1) is 7.78. The smallest absolute Gasteiger partial charge is 0.0589 e. The molecular weight excluding hydrogens is 198 g/mol. The minimum atomic E-state index is 0.523. The fourth-order valence-corrected chi connectivity index (χ4v) is 3.25. The van der Waals surface area contributed by atoms with E-state index in [1.165, 1.54) is 44.9 Å². The fraction of sp³-hybridized carbons (Fsp3) is 1.00. The molecule has 0 aromatic heterocycles. The molecule has 0 aromatic carbocycles. The van der Waals surface area contributed by atoms with Crippen molar-refractivity contribution in [1.82, 2.24) is 5.32 Å². The molecule has 0 bridgehead atoms. The largest absolute Gasteiger partial charge is 0.378 e. The molecule has 16 heavy (non-hydrogen) atoms. The van der Waals surface area contributed by atoms with Crippen LogP contribution in [0.3, 0.4) is 0 Å². The van der Waals surface area contributed by atoms with Crippen LogP contribution in [0.5, 0.6) is 0 Å². The SMILES string of the molecule is CCCC1CC(NC2CCC(C)C2)CCO1. The van der Waals surface area contributed by atoms with Crippen LogP contribution in [0, 0.1) is 5.92 Å². The van der Waals surface area contributed by atoms with Gasteiger partial charge in [-0.05, 0) is 44.4 Å². The van der Waals surface area contributed by atoms with E-state index in [9.17, 15) is 0 Å². The van der Waals surface area contributed by atoms with E-state index in [2.05, 4.69) is 19.2 Å². The third kappa shape index (κ3) is 3.46. The lowest BCUT2D eigenvalue weighted by Crippen LogP contribution is -2.43. The topological polar surface area (TPSA) is 21.3 Å². The van der Waals surface area contributed by atoms with E-state index in [0.29, 0.717) is 6.10 Å². The first-order valence-electron chi connectivity index (χ1n) is 7.15. The molecule has 4 atom stereocenters. The van der Waals surface area contributed by atoms with Crippen molar-refractivity contribution in [2.75, 3.05) is 6.61 Å². The van der Waals surface area contributed by atoms with Gasteiger partial charge >= 0.3 is 0 Å². The van der Waals surface area contributed by atoms with Crippen LogP contribution in [0.15, 0.2) is 0 Å². The van der Waals surface area contributed by atoms with Gasteiger partial charge in [0.2, 0.25) is 0 Å². The van der Waals surface area contributed by atoms with Gasteiger partial charge in [-0.25, -0.2) is 0 Å². The predicted molar refractivity (Wildman–Crippen MR) is 67.6 cm³/mol. The summed E-state index contributed by atoms with van der Waals surface area (Å²) in [6.45, 7) is 5.59. The molecule has 1 aliphatic carbocycles. The molecule has 2 heteroatoms. The van der Waals surface area contributed by atoms with Crippen molar-refractivity contribution in [1.29, 1.82) is 0 Å². The van der Waals surface area contributed by atoms with E-state index in [1.807, 2.05) is 0 Å². The van der Waals surface area contributed by atoms with E-state index in [-0.39, 0.29) is 0 Å². The molecule has 0 amide bonds. The number of ether oxygens (including phenoxy) is 1. The lowest BCUT2D eigenvalue weighted by Gasteiger charge is -2.32. The second-order valence-corrected chi connectivity index (χ2v) is 5.78. The standard InChI is InChI=1S/C14H27NO/c1-3-4-14-10-13(7-8-16-14)15-12-6-5-11(2)9-12/h11-15H,3-10H2,1-2H3. The predicted octanol–water partition coefficient (Wildman–Crippen LogP) is 3.11. The highest BCUT2D eigenvalue weighted by atomic mass is 16.5. The first-order valence-corrected chi connectivity index (χ1v) is 7.15. The van der Waals surface area contributed by atoms with Gasteiger partial charge in [-0.15, -0.1) is 0 Å². The molecular formula is C14H27NO. The van der Waals surface area contributed by atoms with Crippen LogP contribution >= 0.6 is 0 Å². The van der Waals surface area contributed by atoms with Gasteiger partial charge in [-0.3, -0.25) is 0 Å². The minimum absolute atomic E-state index is 0.523. The summed E-state index contributed by atoms with van der Waals surface area (Å²) in [4.78, 5) is 0. The van der Waals surface area contributed by atoms with Gasteiger partial charge in [0.15, 0.2) is 0 Å². The third-order valence-corrected chi connectivity index (χ3v) is 4.14. The van der Waals surface area contributed by atoms with Crippen LogP contribution < -0.4 is 5.32 Å². The molecule has 2 rings (SSSR count). The van der Waals surface area contributed by atoms with Crippen LogP contribution in [-0.4, -0.2) is 24.8 Å². The maximum absolute atomic E-state index is 5.79. The summed E-state index contributed by atoms with van der Waals surface area (Å²) < 4.78 is 5.79. The third-order valence-electron chi connectivity index (χ3n) is 4.14. The average Bonchev–Trinajstić information content (AvgIpc) is 2.65. The molecule has 2 nitrogen and oxygen atoms in total. The molecule has 1 saturated carbocycles. The number of nitrogens with one attached hydrogen (secondary N) is 1. The Morgan fingerprint density at radius 1 is 1.12 bits per heavy atom. The van der Waals surface area contributed by atoms with Gasteiger partial charge in [0.1, 0.15) is 0 Å². The molecule has 0 aromatic rings. The molecule has 2 aliphatic rings. The van der Waals surface area contributed by atoms with Crippen LogP contribution in [-0.2, 0) is 4.74 Å². The van der Waals surface area contributed by atoms with Gasteiger partial charge in [-0.2, -0.15) is 0 Å². The number of hydrogen-bond acceptors (Lipinski definition) is 2. The van der Waals surface area contributed by atoms with Crippen molar-refractivity contribution in [2.24, 2.45) is 5.92 Å². The molecule has 1 heterocycles. The van der Waals surface area contributed by atoms with Crippen LogP contribution in [0.1, 0.15) is 58.8 Å². The van der Waals surface area contributed by atoms with Gasteiger partial charge in [0.25, 0.3) is 0 Å². The Balaban J connectivity index is 1.72. The second-order valence-electron chi connectivity index (χ2n) is 5.78. The van der Waals surface area contributed by atoms with E-state index >= 15 is 0 Å². The summed E-state index contributed by atoms with van der Waals surface area (Å²) in [6, 6.07) is 1.51. The molecule has 2 fully saturated rings. The molecule has 0 spiro atoms. The lowest BCUT2D eigenvalue weighted by atomic mass is 9.99. The van der Waals surface area contributed by atoms with Crippen LogP contribution in [0.25, 0.3) is 0 Å². The second kappa shape index (κ2) is 6.02. The summed E-state index contributed by atoms with van der Waals surface area (Å²) in [6.07, 6.45) is 9.64. The molecule has 1 saturated heterocycles. The Morgan fingerprint density at radius 2 is 1.94 bits per heavy atom. The normalized spacial score (nSPS) is 40.1. The van der Waals surface area contributed by atoms with Crippen LogP contribution in [0.4, 0.5) is 0 Å². The lowest BCUT2D eigenvalue weighted by molar-refractivity contribution is -0.00493. The Kier molecular flexibility index (Phi) is 4.66. The number of hydrogen-bond donors (Lipinski definition) is 1. The highest BCUT2D eigenvalue weighted by molar-refractivity contribution is 4.84. The monoisotopic (exact) mass is 225 g/mol. The summed E-state index contributed by atoms with van der Waals surface area (Å²) in [5, 5.41) is 3.86. The van der Waals surface area contributed by atoms with Crippen molar-refractivity contribution in [3.8, 4) is 0 Å². The minimum Gasteiger partial charge on any atom is -0.378 e. The molecule has 4 unspecified atom stereocenters. The zero-order valence-corrected chi connectivity index (χ0v) is 10.9. The first kappa shape index (κ1) is 12.4. The molecule has 1 N–H and O–H groups in total. The van der Waals surface area contributed by atoms with E-state index in [1.54, 1.807) is 0 Å². The quantitative estimate of drug-likeness (QED) is 0.794. The van der Waals surface area contributed by atoms with Crippen molar-refractivity contribution < 1.29 is 4.74 Å². The van der Waals surface area contributed by atoms with Gasteiger partial charge in [0.05, 0.1) is 6.10 Å². The van der Waals surface area contributed by atoms with Crippen molar-refractivity contribution >= 4 is 0 Å². The van der Waals surface area contributed by atoms with Crippen molar-refractivity contribution in [3.05, 3.63) is 0 Å². The Labute approximate surface area is 100 Å². The van der Waals surface area contributed by atoms with Gasteiger partial charge in [0, 0.05) is 18.7 Å². The van der Waals surface area contributed by atoms with Crippen molar-refractivity contribution in [2.45, 2.75) is 77.0 Å². The summed E-state index contributed by atoms with van der Waals surface area (Å²) >= 11 is 0. The molecule has 1 aliphatic heterocycles. The summed E-state index contributed by atoms with van der Waals surface area (Å²) in [5.41, 5.74) is 0. The fourth-order valence-electron chi connectivity index (χ4n) is 3.25. The Hall–Kier alpha value is -0.0800. The van der Waals surface area contributed by atoms with Crippen LogP contribution in [0.2, 0.25) is 0 Å². The average molecular weight is 225 g/mol. The van der Waals surface area contributed by atoms with E-state index in [4.69, 9.17) is 4.74 Å². The molecule has 0 radical (unpaired) electrons. The summed E-state index contributed by atoms with van der Waals surface area (Å²) in [5.74, 6) is 0.934. The summed E-state index contributed by atoms with van der Waals surface area (Å²) in [7, 11) is 0. The Morgan fingerprint density at radius 3 is 2.62 bits per heavy atom. The Bertz CT molecular complexity index is 205. The van der Waals surface area contributed by atoms with E-state index in [0.717, 1.165) is 24.6 Å². The zero-order chi connectivity index (χ0) is 11.4. The highest BCUT2D eigenvalue weighted by Gasteiger charge is 2.27.